The standard InChI is InChI=1S/C18H22N6O8S3/c1-8(25)3-9(26)31-5-18(16(29)30)4-24-14(28)11(15(24)34-6-18)20-13(27)10(22-32-7-33-2)12-21-17(19)35-23-12/h11,15H,3-7H2,1-2H3,(H,20,27)(H,29,30)(H2,19,21,23)/t11?,15-,18?/m1/s1. The van der Waals surface area contributed by atoms with Crippen molar-refractivity contribution < 1.29 is 38.7 Å². The lowest BCUT2D eigenvalue weighted by Gasteiger charge is -2.53. The summed E-state index contributed by atoms with van der Waals surface area (Å²) < 4.78 is 8.96. The van der Waals surface area contributed by atoms with Gasteiger partial charge in [-0.3, -0.25) is 24.0 Å². The largest absolute Gasteiger partial charge is 0.481 e. The molecule has 0 radical (unpaired) electrons. The van der Waals surface area contributed by atoms with Crippen molar-refractivity contribution >= 4 is 75.4 Å². The number of oxime groups is 1. The highest BCUT2D eigenvalue weighted by atomic mass is 32.2. The number of thioether (sulfide) groups is 2. The van der Waals surface area contributed by atoms with Gasteiger partial charge in [0.2, 0.25) is 17.4 Å². The van der Waals surface area contributed by atoms with E-state index in [1.807, 2.05) is 0 Å². The number of ketones is 1. The molecule has 2 amide bonds. The molecule has 17 heteroatoms. The minimum atomic E-state index is -1.54. The molecule has 2 saturated heterocycles. The van der Waals surface area contributed by atoms with Gasteiger partial charge in [-0.2, -0.15) is 9.36 Å². The Morgan fingerprint density at radius 2 is 2.14 bits per heavy atom. The van der Waals surface area contributed by atoms with Crippen molar-refractivity contribution in [2.75, 3.05) is 36.8 Å². The fourth-order valence-electron chi connectivity index (χ4n) is 3.25. The van der Waals surface area contributed by atoms with Crippen LogP contribution in [-0.2, 0) is 33.5 Å². The Morgan fingerprint density at radius 3 is 2.74 bits per heavy atom. The fraction of sp³-hybridized carbons (Fsp3) is 0.556. The number of carboxylic acid groups (broad SMARTS) is 1. The average molecular weight is 547 g/mol. The van der Waals surface area contributed by atoms with Gasteiger partial charge in [-0.25, -0.2) is 0 Å². The molecule has 2 aliphatic heterocycles. The van der Waals surface area contributed by atoms with E-state index in [9.17, 15) is 29.1 Å². The van der Waals surface area contributed by atoms with Crippen LogP contribution < -0.4 is 11.1 Å². The summed E-state index contributed by atoms with van der Waals surface area (Å²) in [6.45, 7) is 0.503. The summed E-state index contributed by atoms with van der Waals surface area (Å²) in [6.07, 6.45) is 1.31. The van der Waals surface area contributed by atoms with E-state index in [0.717, 1.165) is 23.3 Å². The van der Waals surface area contributed by atoms with Gasteiger partial charge in [-0.15, -0.1) is 23.5 Å². The van der Waals surface area contributed by atoms with Crippen LogP contribution in [0.5, 0.6) is 0 Å². The third-order valence-electron chi connectivity index (χ3n) is 4.98. The van der Waals surface area contributed by atoms with Crippen molar-refractivity contribution in [2.45, 2.75) is 24.8 Å². The van der Waals surface area contributed by atoms with Gasteiger partial charge in [-0.05, 0) is 13.2 Å². The zero-order valence-electron chi connectivity index (χ0n) is 18.6. The summed E-state index contributed by atoms with van der Waals surface area (Å²) in [6, 6.07) is -0.943. The van der Waals surface area contributed by atoms with Crippen molar-refractivity contribution in [2.24, 2.45) is 10.6 Å². The second-order valence-corrected chi connectivity index (χ2v) is 10.4. The molecule has 4 N–H and O–H groups in total. The summed E-state index contributed by atoms with van der Waals surface area (Å²) in [7, 11) is 0. The third-order valence-corrected chi connectivity index (χ3v) is 7.45. The SMILES string of the molecule is CSCON=C(C(=O)NC1C(=O)N2CC(COC(=O)CC(C)=O)(C(=O)O)CS[C@H]12)c1nsc(N)n1. The molecule has 2 fully saturated rings. The maximum absolute atomic E-state index is 12.9. The maximum Gasteiger partial charge on any atom is 0.315 e. The zero-order chi connectivity index (χ0) is 25.8. The molecule has 0 saturated carbocycles. The average Bonchev–Trinajstić information content (AvgIpc) is 3.23. The lowest BCUT2D eigenvalue weighted by molar-refractivity contribution is -0.165. The minimum absolute atomic E-state index is 0.0124. The Kier molecular flexibility index (Phi) is 8.55. The number of nitrogens with zero attached hydrogens (tertiary/aromatic N) is 4. The van der Waals surface area contributed by atoms with Gasteiger partial charge in [0, 0.05) is 23.8 Å². The number of rotatable bonds is 11. The molecule has 1 aromatic rings. The smallest absolute Gasteiger partial charge is 0.315 e. The van der Waals surface area contributed by atoms with E-state index in [-0.39, 0.29) is 34.9 Å². The van der Waals surface area contributed by atoms with E-state index in [0.29, 0.717) is 0 Å². The molecule has 3 atom stereocenters. The van der Waals surface area contributed by atoms with Crippen molar-refractivity contribution in [1.29, 1.82) is 0 Å². The van der Waals surface area contributed by atoms with Crippen molar-refractivity contribution in [1.82, 2.24) is 19.6 Å². The van der Waals surface area contributed by atoms with Gasteiger partial charge in [0.15, 0.2) is 11.1 Å². The summed E-state index contributed by atoms with van der Waals surface area (Å²) in [5, 5.41) is 15.7. The first-order valence-electron chi connectivity index (χ1n) is 9.98. The second kappa shape index (κ2) is 11.2. The number of ether oxygens (including phenoxy) is 1. The van der Waals surface area contributed by atoms with E-state index in [1.54, 1.807) is 6.26 Å². The summed E-state index contributed by atoms with van der Waals surface area (Å²) in [5.74, 6) is -3.63. The molecule has 0 spiro atoms. The lowest BCUT2D eigenvalue weighted by atomic mass is 9.88. The molecule has 0 bridgehead atoms. The minimum Gasteiger partial charge on any atom is -0.481 e. The second-order valence-electron chi connectivity index (χ2n) is 7.68. The van der Waals surface area contributed by atoms with Gasteiger partial charge in [0.05, 0.1) is 0 Å². The first-order valence-corrected chi connectivity index (χ1v) is 13.2. The van der Waals surface area contributed by atoms with Gasteiger partial charge in [0.1, 0.15) is 35.6 Å². The highest BCUT2D eigenvalue weighted by molar-refractivity contribution is 8.00. The number of carboxylic acids is 1. The number of nitrogens with one attached hydrogen (secondary N) is 1. The number of aromatic nitrogens is 2. The van der Waals surface area contributed by atoms with Crippen LogP contribution in [-0.4, -0.2) is 97.1 Å². The van der Waals surface area contributed by atoms with E-state index in [2.05, 4.69) is 19.8 Å². The normalized spacial score (nSPS) is 23.7. The molecule has 2 aliphatic rings. The van der Waals surface area contributed by atoms with Gasteiger partial charge in [0.25, 0.3) is 5.91 Å². The molecular weight excluding hydrogens is 524 g/mol. The number of hydrogen-bond donors (Lipinski definition) is 3. The number of Topliss-reactive ketones (excluding diaryl/α,β-unsaturated/α-hetero) is 1. The van der Waals surface area contributed by atoms with Gasteiger partial charge in [-0.1, -0.05) is 5.16 Å². The van der Waals surface area contributed by atoms with Crippen LogP contribution in [0.15, 0.2) is 5.16 Å². The summed E-state index contributed by atoms with van der Waals surface area (Å²) >= 11 is 3.32. The van der Waals surface area contributed by atoms with E-state index in [4.69, 9.17) is 15.3 Å². The molecule has 14 nitrogen and oxygen atoms in total. The molecule has 0 aliphatic carbocycles. The number of nitrogen functional groups attached to an aromatic ring is 1. The number of fused-ring (bicyclic) bond motifs is 1. The summed E-state index contributed by atoms with van der Waals surface area (Å²) in [5.41, 5.74) is 3.79. The van der Waals surface area contributed by atoms with Gasteiger partial charge < -0.3 is 30.6 Å². The zero-order valence-corrected chi connectivity index (χ0v) is 21.0. The molecule has 3 rings (SSSR count). The lowest BCUT2D eigenvalue weighted by Crippen LogP contribution is -2.74. The van der Waals surface area contributed by atoms with Gasteiger partial charge >= 0.3 is 11.9 Å². The molecule has 0 aromatic carbocycles. The van der Waals surface area contributed by atoms with Crippen LogP contribution >= 0.6 is 35.1 Å². The summed E-state index contributed by atoms with van der Waals surface area (Å²) in [4.78, 5) is 70.7. The van der Waals surface area contributed by atoms with Crippen molar-refractivity contribution in [3.63, 3.8) is 0 Å². The Morgan fingerprint density at radius 1 is 1.40 bits per heavy atom. The molecule has 35 heavy (non-hydrogen) atoms. The number of nitrogens with two attached hydrogens (primary N) is 1. The number of amides is 2. The van der Waals surface area contributed by atoms with Crippen LogP contribution in [0.2, 0.25) is 0 Å². The van der Waals surface area contributed by atoms with E-state index >= 15 is 0 Å². The van der Waals surface area contributed by atoms with Crippen LogP contribution in [0, 0.1) is 5.41 Å². The van der Waals surface area contributed by atoms with Crippen molar-refractivity contribution in [3.8, 4) is 0 Å². The van der Waals surface area contributed by atoms with Crippen LogP contribution in [0.4, 0.5) is 5.13 Å². The maximum atomic E-state index is 12.9. The Bertz CT molecular complexity index is 1060. The first-order chi connectivity index (χ1) is 16.6. The van der Waals surface area contributed by atoms with E-state index < -0.39 is 59.4 Å². The number of carbonyl (C=O) groups excluding carboxylic acids is 4. The molecule has 190 valence electrons. The number of carbonyl (C=O) groups is 5. The number of anilines is 1. The van der Waals surface area contributed by atoms with Crippen LogP contribution in [0.25, 0.3) is 0 Å². The predicted molar refractivity (Wildman–Crippen MR) is 127 cm³/mol. The Labute approximate surface area is 211 Å². The molecule has 3 heterocycles. The number of β-lactam (4-membered cyclic amide) rings is 1. The first kappa shape index (κ1) is 26.7. The molecule has 2 unspecified atom stereocenters. The van der Waals surface area contributed by atoms with Crippen LogP contribution in [0.1, 0.15) is 19.2 Å². The highest BCUT2D eigenvalue weighted by Gasteiger charge is 2.58. The quantitative estimate of drug-likeness (QED) is 0.0589. The Balaban J connectivity index is 1.67. The monoisotopic (exact) mass is 546 g/mol. The highest BCUT2D eigenvalue weighted by Crippen LogP contribution is 2.42. The van der Waals surface area contributed by atoms with Crippen molar-refractivity contribution in [3.05, 3.63) is 5.82 Å². The molecular formula is C18H22N6O8S3. The Hall–Kier alpha value is -2.92. The number of hydrogen-bond acceptors (Lipinski definition) is 14. The fourth-order valence-corrected chi connectivity index (χ4v) is 5.36. The third kappa shape index (κ3) is 6.02. The predicted octanol–water partition coefficient (Wildman–Crippen LogP) is -0.845. The van der Waals surface area contributed by atoms with E-state index in [1.165, 1.54) is 23.6 Å². The topological polar surface area (TPSA) is 203 Å². The number of esters is 1. The number of aliphatic carboxylic acids is 1. The van der Waals surface area contributed by atoms with Crippen LogP contribution in [0.3, 0.4) is 0 Å². The molecule has 1 aromatic heterocycles.